The fourth-order valence-corrected chi connectivity index (χ4v) is 3.52. The van der Waals surface area contributed by atoms with Gasteiger partial charge in [-0.25, -0.2) is 8.42 Å². The van der Waals surface area contributed by atoms with E-state index in [1.165, 1.54) is 0 Å². The zero-order valence-electron chi connectivity index (χ0n) is 13.5. The topological polar surface area (TPSA) is 89.3 Å². The molecule has 0 aliphatic carbocycles. The average molecular weight is 428 g/mol. The molecule has 3 N–H and O–H groups in total. The molecular weight excluding hydrogens is 404 g/mol. The molecule has 132 valence electrons. The highest BCUT2D eigenvalue weighted by Crippen LogP contribution is 2.29. The second-order valence-corrected chi connectivity index (χ2v) is 9.22. The van der Waals surface area contributed by atoms with Crippen LogP contribution in [0.2, 0.25) is 0 Å². The van der Waals surface area contributed by atoms with Crippen LogP contribution in [0, 0.1) is 0 Å². The third-order valence-corrected chi connectivity index (χ3v) is 5.11. The van der Waals surface area contributed by atoms with Crippen molar-refractivity contribution < 1.29 is 13.2 Å². The van der Waals surface area contributed by atoms with Gasteiger partial charge in [-0.15, -0.1) is 12.4 Å². The van der Waals surface area contributed by atoms with E-state index in [2.05, 4.69) is 21.2 Å². The molecule has 1 atom stereocenters. The van der Waals surface area contributed by atoms with Crippen molar-refractivity contribution in [2.24, 2.45) is 5.73 Å². The summed E-state index contributed by atoms with van der Waals surface area (Å²) in [5.41, 5.74) is 6.55. The number of amides is 1. The van der Waals surface area contributed by atoms with Gasteiger partial charge in [0.15, 0.2) is 0 Å². The maximum atomic E-state index is 12.0. The molecule has 0 aliphatic heterocycles. The van der Waals surface area contributed by atoms with Crippen molar-refractivity contribution >= 4 is 44.1 Å². The lowest BCUT2D eigenvalue weighted by atomic mass is 9.84. The van der Waals surface area contributed by atoms with Gasteiger partial charge in [-0.05, 0) is 18.1 Å². The number of rotatable bonds is 7. The van der Waals surface area contributed by atoms with E-state index in [4.69, 9.17) is 5.73 Å². The van der Waals surface area contributed by atoms with Crippen molar-refractivity contribution in [3.63, 3.8) is 0 Å². The third-order valence-electron chi connectivity index (χ3n) is 3.44. The predicted octanol–water partition coefficient (Wildman–Crippen LogP) is 2.03. The summed E-state index contributed by atoms with van der Waals surface area (Å²) in [5.74, 6) is -0.418. The Kier molecular flexibility index (Phi) is 8.76. The molecule has 5 nitrogen and oxygen atoms in total. The molecule has 8 heteroatoms. The summed E-state index contributed by atoms with van der Waals surface area (Å²) in [6.45, 7) is 4.46. The van der Waals surface area contributed by atoms with Crippen molar-refractivity contribution in [3.8, 4) is 0 Å². The zero-order valence-corrected chi connectivity index (χ0v) is 16.7. The molecular formula is C15H24BrClN2O3S. The van der Waals surface area contributed by atoms with Crippen LogP contribution in [0.25, 0.3) is 0 Å². The summed E-state index contributed by atoms with van der Waals surface area (Å²) >= 11 is 3.51. The number of hydrogen-bond donors (Lipinski definition) is 2. The van der Waals surface area contributed by atoms with Crippen LogP contribution in [0.15, 0.2) is 28.7 Å². The van der Waals surface area contributed by atoms with Gasteiger partial charge in [0.05, 0.1) is 11.8 Å². The number of nitrogens with one attached hydrogen (secondary N) is 1. The third kappa shape index (κ3) is 7.65. The average Bonchev–Trinajstić information content (AvgIpc) is 2.41. The first kappa shape index (κ1) is 22.4. The molecule has 0 heterocycles. The van der Waals surface area contributed by atoms with E-state index in [1.54, 1.807) is 0 Å². The van der Waals surface area contributed by atoms with Crippen LogP contribution >= 0.6 is 28.3 Å². The monoisotopic (exact) mass is 426 g/mol. The maximum absolute atomic E-state index is 12.0. The van der Waals surface area contributed by atoms with Crippen LogP contribution in [0.3, 0.4) is 0 Å². The molecule has 1 aromatic rings. The summed E-state index contributed by atoms with van der Waals surface area (Å²) < 4.78 is 23.2. The molecule has 0 aliphatic rings. The molecule has 1 unspecified atom stereocenters. The highest BCUT2D eigenvalue weighted by Gasteiger charge is 2.25. The smallest absolute Gasteiger partial charge is 0.236 e. The Morgan fingerprint density at radius 3 is 2.43 bits per heavy atom. The number of carbonyl (C=O) groups is 1. The lowest BCUT2D eigenvalue weighted by molar-refractivity contribution is -0.122. The Bertz CT molecular complexity index is 635. The lowest BCUT2D eigenvalue weighted by Crippen LogP contribution is -2.45. The minimum absolute atomic E-state index is 0. The molecule has 0 bridgehead atoms. The van der Waals surface area contributed by atoms with E-state index in [0.29, 0.717) is 6.54 Å². The van der Waals surface area contributed by atoms with Crippen molar-refractivity contribution in [2.45, 2.75) is 31.7 Å². The minimum Gasteiger partial charge on any atom is -0.354 e. The molecule has 0 spiro atoms. The first-order valence-electron chi connectivity index (χ1n) is 6.99. The predicted molar refractivity (Wildman–Crippen MR) is 99.7 cm³/mol. The van der Waals surface area contributed by atoms with E-state index in [-0.39, 0.29) is 35.9 Å². The molecule has 0 aromatic heterocycles. The van der Waals surface area contributed by atoms with Gasteiger partial charge < -0.3 is 11.1 Å². The van der Waals surface area contributed by atoms with Crippen molar-refractivity contribution in [2.75, 3.05) is 18.6 Å². The number of hydrogen-bond acceptors (Lipinski definition) is 4. The zero-order chi connectivity index (χ0) is 17.0. The molecule has 1 aromatic carbocycles. The first-order valence-corrected chi connectivity index (χ1v) is 9.84. The summed E-state index contributed by atoms with van der Waals surface area (Å²) in [6, 6.07) is 7.02. The van der Waals surface area contributed by atoms with Crippen LogP contribution in [0.1, 0.15) is 25.8 Å². The van der Waals surface area contributed by atoms with Gasteiger partial charge in [-0.2, -0.15) is 0 Å². The van der Waals surface area contributed by atoms with Gasteiger partial charge in [-0.3, -0.25) is 4.79 Å². The Balaban J connectivity index is 0.00000484. The summed E-state index contributed by atoms with van der Waals surface area (Å²) in [6.07, 6.45) is 1.26. The fraction of sp³-hybridized carbons (Fsp3) is 0.533. The number of carbonyl (C=O) groups excluding carboxylic acids is 1. The van der Waals surface area contributed by atoms with Gasteiger partial charge in [0.1, 0.15) is 9.84 Å². The Morgan fingerprint density at radius 1 is 1.35 bits per heavy atom. The van der Waals surface area contributed by atoms with E-state index in [1.807, 2.05) is 38.1 Å². The number of halogens is 2. The quantitative estimate of drug-likeness (QED) is 0.697. The Labute approximate surface area is 152 Å². The van der Waals surface area contributed by atoms with Crippen molar-refractivity contribution in [1.82, 2.24) is 5.32 Å². The summed E-state index contributed by atoms with van der Waals surface area (Å²) in [7, 11) is -3.11. The van der Waals surface area contributed by atoms with Crippen LogP contribution in [0.5, 0.6) is 0 Å². The highest BCUT2D eigenvalue weighted by atomic mass is 79.9. The van der Waals surface area contributed by atoms with E-state index in [9.17, 15) is 13.2 Å². The Hall–Kier alpha value is -0.630. The lowest BCUT2D eigenvalue weighted by Gasteiger charge is -2.27. The van der Waals surface area contributed by atoms with Crippen LogP contribution in [0.4, 0.5) is 0 Å². The molecule has 0 fully saturated rings. The van der Waals surface area contributed by atoms with Crippen molar-refractivity contribution in [3.05, 3.63) is 34.3 Å². The normalized spacial score (nSPS) is 13.1. The molecule has 0 radical (unpaired) electrons. The van der Waals surface area contributed by atoms with E-state index in [0.717, 1.165) is 16.3 Å². The SMILES string of the molecule is CC(C)(CNC(=O)C(N)CCS(C)(=O)=O)c1ccccc1Br.Cl. The highest BCUT2D eigenvalue weighted by molar-refractivity contribution is 9.10. The standard InChI is InChI=1S/C15H23BrN2O3S.ClH/c1-15(2,11-6-4-5-7-12(11)16)10-18-14(19)13(17)8-9-22(3,20)21;/h4-7,13H,8-10,17H2,1-3H3,(H,18,19);1H. The van der Waals surface area contributed by atoms with Gasteiger partial charge >= 0.3 is 0 Å². The number of sulfone groups is 1. The minimum atomic E-state index is -3.11. The number of nitrogens with two attached hydrogens (primary N) is 1. The van der Waals surface area contributed by atoms with Gasteiger partial charge in [0, 0.05) is 22.7 Å². The Morgan fingerprint density at radius 2 is 1.91 bits per heavy atom. The van der Waals surface area contributed by atoms with Gasteiger partial charge in [0.25, 0.3) is 0 Å². The maximum Gasteiger partial charge on any atom is 0.236 e. The van der Waals surface area contributed by atoms with Crippen LogP contribution in [-0.4, -0.2) is 38.9 Å². The molecule has 1 rings (SSSR count). The first-order chi connectivity index (χ1) is 10.0. The molecule has 0 saturated carbocycles. The number of benzene rings is 1. The van der Waals surface area contributed by atoms with Crippen molar-refractivity contribution in [1.29, 1.82) is 0 Å². The van der Waals surface area contributed by atoms with E-state index >= 15 is 0 Å². The second-order valence-electron chi connectivity index (χ2n) is 6.11. The molecule has 0 saturated heterocycles. The van der Waals surface area contributed by atoms with Crippen LogP contribution in [-0.2, 0) is 20.0 Å². The fourth-order valence-electron chi connectivity index (χ4n) is 2.02. The largest absolute Gasteiger partial charge is 0.354 e. The molecule has 1 amide bonds. The van der Waals surface area contributed by atoms with E-state index < -0.39 is 15.9 Å². The van der Waals surface area contributed by atoms with Crippen LogP contribution < -0.4 is 11.1 Å². The second kappa shape index (κ2) is 9.01. The molecule has 23 heavy (non-hydrogen) atoms. The van der Waals surface area contributed by atoms with Gasteiger partial charge in [0.2, 0.25) is 5.91 Å². The summed E-state index contributed by atoms with van der Waals surface area (Å²) in [5, 5.41) is 2.81. The van der Waals surface area contributed by atoms with Gasteiger partial charge in [-0.1, -0.05) is 48.0 Å². The summed E-state index contributed by atoms with van der Waals surface area (Å²) in [4.78, 5) is 12.0.